The van der Waals surface area contributed by atoms with E-state index in [1.54, 1.807) is 0 Å². The third kappa shape index (κ3) is 5.94. The van der Waals surface area contributed by atoms with E-state index in [2.05, 4.69) is 48.9 Å². The van der Waals surface area contributed by atoms with Crippen LogP contribution >= 0.6 is 0 Å². The molecule has 1 N–H and O–H groups in total. The van der Waals surface area contributed by atoms with Crippen molar-refractivity contribution >= 4 is 19.4 Å². The highest BCUT2D eigenvalue weighted by molar-refractivity contribution is 6.88. The molecule has 2 aromatic carbocycles. The van der Waals surface area contributed by atoms with Crippen LogP contribution in [0.5, 0.6) is 0 Å². The van der Waals surface area contributed by atoms with Crippen LogP contribution in [0.4, 0.5) is 4.79 Å². The summed E-state index contributed by atoms with van der Waals surface area (Å²) in [4.78, 5) is 11.6. The molecule has 24 heavy (non-hydrogen) atoms. The van der Waals surface area contributed by atoms with Gasteiger partial charge in [0.25, 0.3) is 0 Å². The molecule has 3 nitrogen and oxygen atoms in total. The van der Waals surface area contributed by atoms with E-state index in [0.29, 0.717) is 0 Å². The number of hydrogen-bond donors (Lipinski definition) is 1. The van der Waals surface area contributed by atoms with E-state index in [1.165, 1.54) is 5.19 Å². The lowest BCUT2D eigenvalue weighted by molar-refractivity contribution is 0.141. The first-order chi connectivity index (χ1) is 11.4. The van der Waals surface area contributed by atoms with Crippen LogP contribution in [-0.2, 0) is 11.3 Å². The molecule has 0 aliphatic carbocycles. The fourth-order valence-corrected chi connectivity index (χ4v) is 3.26. The lowest BCUT2D eigenvalue weighted by Gasteiger charge is -2.15. The Kier molecular flexibility index (Phi) is 6.22. The lowest BCUT2D eigenvalue weighted by atomic mass is 10.2. The second-order valence-electron chi connectivity index (χ2n) is 6.54. The zero-order valence-electron chi connectivity index (χ0n) is 14.4. The molecule has 0 spiro atoms. The van der Waals surface area contributed by atoms with Gasteiger partial charge in [0.1, 0.15) is 6.61 Å². The van der Waals surface area contributed by atoms with Crippen molar-refractivity contribution in [3.05, 3.63) is 65.7 Å². The summed E-state index contributed by atoms with van der Waals surface area (Å²) in [6.45, 7) is 7.48. The number of carbonyl (C=O) groups excluding carboxylic acids is 1. The monoisotopic (exact) mass is 337 g/mol. The Morgan fingerprint density at radius 2 is 1.71 bits per heavy atom. The average molecular weight is 337 g/mol. The molecule has 0 aromatic heterocycles. The van der Waals surface area contributed by atoms with Gasteiger partial charge in [0, 0.05) is 5.56 Å². The first-order valence-corrected chi connectivity index (χ1v) is 11.5. The molecule has 2 rings (SSSR count). The summed E-state index contributed by atoms with van der Waals surface area (Å²) in [6.07, 6.45) is -0.456. The number of carbonyl (C=O) groups is 1. The Morgan fingerprint density at radius 1 is 1.04 bits per heavy atom. The second-order valence-corrected chi connectivity index (χ2v) is 11.6. The molecule has 0 bridgehead atoms. The van der Waals surface area contributed by atoms with Gasteiger partial charge >= 0.3 is 6.09 Å². The number of nitrogens with one attached hydrogen (secondary N) is 1. The molecule has 0 atom stereocenters. The highest BCUT2D eigenvalue weighted by Gasteiger charge is 2.15. The fourth-order valence-electron chi connectivity index (χ4n) is 2.09. The quantitative estimate of drug-likeness (QED) is 0.685. The van der Waals surface area contributed by atoms with Gasteiger partial charge in [0.05, 0.1) is 14.6 Å². The molecule has 124 valence electrons. The van der Waals surface area contributed by atoms with Crippen molar-refractivity contribution in [2.24, 2.45) is 0 Å². The van der Waals surface area contributed by atoms with Gasteiger partial charge < -0.3 is 10.1 Å². The largest absolute Gasteiger partial charge is 0.445 e. The smallest absolute Gasteiger partial charge is 0.408 e. The van der Waals surface area contributed by atoms with E-state index in [-0.39, 0.29) is 13.2 Å². The Bertz CT molecular complexity index is 722. The van der Waals surface area contributed by atoms with Crippen LogP contribution in [-0.4, -0.2) is 20.7 Å². The van der Waals surface area contributed by atoms with Crippen LogP contribution in [0.3, 0.4) is 0 Å². The minimum Gasteiger partial charge on any atom is -0.445 e. The molecule has 0 heterocycles. The van der Waals surface area contributed by atoms with Gasteiger partial charge in [-0.3, -0.25) is 0 Å². The Hall–Kier alpha value is -2.51. The minimum absolute atomic E-state index is 0.262. The van der Waals surface area contributed by atoms with Crippen LogP contribution in [0, 0.1) is 11.8 Å². The Labute approximate surface area is 145 Å². The molecule has 0 unspecified atom stereocenters. The predicted octanol–water partition coefficient (Wildman–Crippen LogP) is 3.51. The van der Waals surface area contributed by atoms with E-state index in [9.17, 15) is 4.79 Å². The number of benzene rings is 2. The molecule has 4 heteroatoms. The molecule has 0 saturated heterocycles. The van der Waals surface area contributed by atoms with E-state index in [0.717, 1.165) is 11.1 Å². The number of rotatable bonds is 4. The molecule has 0 radical (unpaired) electrons. The summed E-state index contributed by atoms with van der Waals surface area (Å²) < 4.78 is 5.12. The lowest BCUT2D eigenvalue weighted by Crippen LogP contribution is -2.37. The predicted molar refractivity (Wildman–Crippen MR) is 101 cm³/mol. The fraction of sp³-hybridized carbons (Fsp3) is 0.250. The van der Waals surface area contributed by atoms with Crippen molar-refractivity contribution < 1.29 is 9.53 Å². The van der Waals surface area contributed by atoms with Crippen molar-refractivity contribution in [2.45, 2.75) is 26.2 Å². The Balaban J connectivity index is 1.76. The maximum atomic E-state index is 11.6. The summed E-state index contributed by atoms with van der Waals surface area (Å²) in [7, 11) is -1.27. The summed E-state index contributed by atoms with van der Waals surface area (Å²) >= 11 is 0. The number of hydrogen-bond acceptors (Lipinski definition) is 2. The van der Waals surface area contributed by atoms with Gasteiger partial charge in [0.15, 0.2) is 0 Å². The van der Waals surface area contributed by atoms with Crippen LogP contribution in [0.15, 0.2) is 54.6 Å². The van der Waals surface area contributed by atoms with Crippen molar-refractivity contribution in [3.8, 4) is 11.8 Å². The molecule has 0 saturated carbocycles. The molecule has 0 aliphatic heterocycles. The van der Waals surface area contributed by atoms with Crippen molar-refractivity contribution in [2.75, 3.05) is 6.54 Å². The second kappa shape index (κ2) is 8.37. The van der Waals surface area contributed by atoms with Gasteiger partial charge in [-0.1, -0.05) is 79.1 Å². The standard InChI is InChI=1S/C20H23NO2Si/c1-24(2,3)19-13-11-17(12-14-19)10-7-15-21-20(22)23-16-18-8-5-4-6-9-18/h4-6,8-9,11-14H,15-16H2,1-3H3,(H,21,22). The zero-order chi connectivity index (χ0) is 17.4. The van der Waals surface area contributed by atoms with E-state index < -0.39 is 14.2 Å². The SMILES string of the molecule is C[Si](C)(C)c1ccc(C#CCNC(=O)OCc2ccccc2)cc1. The van der Waals surface area contributed by atoms with E-state index in [1.807, 2.05) is 42.5 Å². The van der Waals surface area contributed by atoms with Crippen LogP contribution in [0.1, 0.15) is 11.1 Å². The average Bonchev–Trinajstić information content (AvgIpc) is 2.57. The van der Waals surface area contributed by atoms with Crippen molar-refractivity contribution in [1.29, 1.82) is 0 Å². The summed E-state index contributed by atoms with van der Waals surface area (Å²) in [6, 6.07) is 18.0. The first-order valence-electron chi connectivity index (χ1n) is 7.99. The third-order valence-electron chi connectivity index (χ3n) is 3.52. The minimum atomic E-state index is -1.27. The summed E-state index contributed by atoms with van der Waals surface area (Å²) in [5.74, 6) is 5.99. The van der Waals surface area contributed by atoms with Crippen molar-refractivity contribution in [1.82, 2.24) is 5.32 Å². The summed E-state index contributed by atoms with van der Waals surface area (Å²) in [5.41, 5.74) is 1.91. The maximum Gasteiger partial charge on any atom is 0.408 e. The van der Waals surface area contributed by atoms with Crippen LogP contribution in [0.25, 0.3) is 0 Å². The zero-order valence-corrected chi connectivity index (χ0v) is 15.4. The van der Waals surface area contributed by atoms with E-state index in [4.69, 9.17) is 4.74 Å². The first kappa shape index (κ1) is 17.8. The molecule has 1 amide bonds. The molecule has 0 aliphatic rings. The van der Waals surface area contributed by atoms with Gasteiger partial charge in [-0.25, -0.2) is 4.79 Å². The Morgan fingerprint density at radius 3 is 2.33 bits per heavy atom. The third-order valence-corrected chi connectivity index (χ3v) is 5.58. The highest BCUT2D eigenvalue weighted by Crippen LogP contribution is 2.03. The van der Waals surface area contributed by atoms with Crippen molar-refractivity contribution in [3.63, 3.8) is 0 Å². The molecular weight excluding hydrogens is 314 g/mol. The highest BCUT2D eigenvalue weighted by atomic mass is 28.3. The normalized spacial score (nSPS) is 10.5. The van der Waals surface area contributed by atoms with E-state index >= 15 is 0 Å². The maximum absolute atomic E-state index is 11.6. The van der Waals surface area contributed by atoms with Gasteiger partial charge in [-0.15, -0.1) is 0 Å². The molecular formula is C20H23NO2Si. The van der Waals surface area contributed by atoms with Gasteiger partial charge in [-0.05, 0) is 17.7 Å². The number of alkyl carbamates (subject to hydrolysis) is 1. The topological polar surface area (TPSA) is 38.3 Å². The summed E-state index contributed by atoms with van der Waals surface area (Å²) in [5, 5.41) is 4.04. The molecule has 0 fully saturated rings. The van der Waals surface area contributed by atoms with Gasteiger partial charge in [-0.2, -0.15) is 0 Å². The van der Waals surface area contributed by atoms with Gasteiger partial charge in [0.2, 0.25) is 0 Å². The molecule has 2 aromatic rings. The van der Waals surface area contributed by atoms with Crippen LogP contribution < -0.4 is 10.5 Å². The van der Waals surface area contributed by atoms with Crippen LogP contribution in [0.2, 0.25) is 19.6 Å². The number of amides is 1. The number of ether oxygens (including phenoxy) is 1.